The maximum Gasteiger partial charge on any atom is 0.375 e. The van der Waals surface area contributed by atoms with Crippen LogP contribution in [0.2, 0.25) is 0 Å². The summed E-state index contributed by atoms with van der Waals surface area (Å²) in [4.78, 5) is 26.7. The Morgan fingerprint density at radius 2 is 1.92 bits per heavy atom. The molecule has 1 saturated heterocycles. The minimum atomic E-state index is -0.570. The van der Waals surface area contributed by atoms with Crippen molar-refractivity contribution in [2.24, 2.45) is 11.8 Å². The highest BCUT2D eigenvalue weighted by molar-refractivity contribution is 5.96. The zero-order valence-electron chi connectivity index (χ0n) is 15.2. The van der Waals surface area contributed by atoms with E-state index in [0.29, 0.717) is 11.5 Å². The van der Waals surface area contributed by atoms with Crippen LogP contribution < -0.4 is 0 Å². The topological polar surface area (TPSA) is 59.8 Å². The van der Waals surface area contributed by atoms with Gasteiger partial charge in [0, 0.05) is 24.0 Å². The predicted molar refractivity (Wildman–Crippen MR) is 97.9 cm³/mol. The largest absolute Gasteiger partial charge is 0.450 e. The number of esters is 1. The number of hydrogen-bond acceptors (Lipinski definition) is 4. The highest BCUT2D eigenvalue weighted by Gasteiger charge is 2.33. The van der Waals surface area contributed by atoms with Gasteiger partial charge >= 0.3 is 5.97 Å². The molecule has 1 aromatic heterocycles. The fourth-order valence-electron chi connectivity index (χ4n) is 4.48. The molecule has 0 unspecified atom stereocenters. The van der Waals surface area contributed by atoms with Crippen molar-refractivity contribution < 1.29 is 18.7 Å². The van der Waals surface area contributed by atoms with E-state index in [1.54, 1.807) is 0 Å². The molecule has 138 valence electrons. The van der Waals surface area contributed by atoms with E-state index in [0.717, 1.165) is 36.4 Å². The number of piperidine rings is 1. The molecule has 2 aliphatic rings. The van der Waals surface area contributed by atoms with E-state index in [9.17, 15) is 9.59 Å². The third-order valence-corrected chi connectivity index (χ3v) is 6.00. The molecule has 5 heteroatoms. The average molecular weight is 355 g/mol. The average Bonchev–Trinajstić information content (AvgIpc) is 3.02. The van der Waals surface area contributed by atoms with Gasteiger partial charge in [-0.25, -0.2) is 4.79 Å². The summed E-state index contributed by atoms with van der Waals surface area (Å²) in [6.45, 7) is 3.21. The second kappa shape index (κ2) is 7.14. The molecule has 1 aliphatic heterocycles. The molecular formula is C21H25NO4. The zero-order valence-corrected chi connectivity index (χ0v) is 15.2. The monoisotopic (exact) mass is 355 g/mol. The van der Waals surface area contributed by atoms with Gasteiger partial charge in [0.25, 0.3) is 5.91 Å². The Balaban J connectivity index is 1.36. The van der Waals surface area contributed by atoms with E-state index < -0.39 is 5.97 Å². The fourth-order valence-corrected chi connectivity index (χ4v) is 4.48. The predicted octanol–water partition coefficient (Wildman–Crippen LogP) is 3.94. The van der Waals surface area contributed by atoms with E-state index in [2.05, 4.69) is 0 Å². The Labute approximate surface area is 153 Å². The Morgan fingerprint density at radius 1 is 1.15 bits per heavy atom. The number of likely N-dealkylation sites (tertiary alicyclic amines) is 1. The Morgan fingerprint density at radius 3 is 2.73 bits per heavy atom. The van der Waals surface area contributed by atoms with Crippen LogP contribution >= 0.6 is 0 Å². The molecule has 0 bridgehead atoms. The van der Waals surface area contributed by atoms with E-state index in [4.69, 9.17) is 9.15 Å². The van der Waals surface area contributed by atoms with Crippen molar-refractivity contribution in [1.82, 2.24) is 4.90 Å². The number of para-hydroxylation sites is 1. The van der Waals surface area contributed by atoms with Crippen molar-refractivity contribution in [3.8, 4) is 0 Å². The van der Waals surface area contributed by atoms with E-state index in [1.165, 1.54) is 25.7 Å². The van der Waals surface area contributed by atoms with Gasteiger partial charge in [-0.15, -0.1) is 0 Å². The van der Waals surface area contributed by atoms with E-state index in [1.807, 2.05) is 36.1 Å². The van der Waals surface area contributed by atoms with Crippen LogP contribution in [-0.2, 0) is 9.53 Å². The normalized spacial score (nSPS) is 22.9. The molecule has 4 rings (SSSR count). The number of nitrogens with zero attached hydrogens (tertiary/aromatic N) is 1. The summed E-state index contributed by atoms with van der Waals surface area (Å²) in [5.41, 5.74) is 1.41. The highest BCUT2D eigenvalue weighted by atomic mass is 16.5. The number of ether oxygens (including phenoxy) is 1. The van der Waals surface area contributed by atoms with Gasteiger partial charge in [-0.05, 0) is 37.7 Å². The maximum atomic E-state index is 12.5. The number of rotatable bonds is 3. The van der Waals surface area contributed by atoms with Crippen molar-refractivity contribution in [3.05, 3.63) is 35.6 Å². The maximum absolute atomic E-state index is 12.5. The Bertz CT molecular complexity index is 825. The van der Waals surface area contributed by atoms with Gasteiger partial charge in [0.05, 0.1) is 0 Å². The first-order chi connectivity index (χ1) is 12.6. The number of fused-ring (bicyclic) bond motifs is 2. The summed E-state index contributed by atoms with van der Waals surface area (Å²) in [6, 6.07) is 7.49. The lowest BCUT2D eigenvalue weighted by atomic mass is 9.75. The molecule has 2 heterocycles. The third kappa shape index (κ3) is 3.22. The molecule has 26 heavy (non-hydrogen) atoms. The molecule has 2 fully saturated rings. The van der Waals surface area contributed by atoms with Gasteiger partial charge < -0.3 is 14.1 Å². The number of hydrogen-bond donors (Lipinski definition) is 0. The van der Waals surface area contributed by atoms with Crippen LogP contribution in [0.25, 0.3) is 11.0 Å². The second-order valence-corrected chi connectivity index (χ2v) is 7.56. The van der Waals surface area contributed by atoms with E-state index >= 15 is 0 Å². The molecule has 2 aromatic rings. The highest BCUT2D eigenvalue weighted by Crippen LogP contribution is 2.36. The SMILES string of the molecule is Cc1c(C(=O)OCC(=O)N2CC[C@H]3CCCC[C@H]3C2)oc2ccccc12. The van der Waals surface area contributed by atoms with Gasteiger partial charge in [-0.1, -0.05) is 37.5 Å². The molecule has 1 aliphatic carbocycles. The number of carbonyl (C=O) groups is 2. The van der Waals surface area contributed by atoms with Crippen molar-refractivity contribution >= 4 is 22.8 Å². The molecule has 2 atom stereocenters. The van der Waals surface area contributed by atoms with Crippen LogP contribution in [0.3, 0.4) is 0 Å². The lowest BCUT2D eigenvalue weighted by molar-refractivity contribution is -0.137. The Hall–Kier alpha value is -2.30. The molecular weight excluding hydrogens is 330 g/mol. The number of furan rings is 1. The van der Waals surface area contributed by atoms with Gasteiger partial charge in [0.15, 0.2) is 6.61 Å². The van der Waals surface area contributed by atoms with Crippen LogP contribution in [0.1, 0.15) is 48.2 Å². The van der Waals surface area contributed by atoms with E-state index in [-0.39, 0.29) is 18.3 Å². The summed E-state index contributed by atoms with van der Waals surface area (Å²) in [5, 5.41) is 0.894. The lowest BCUT2D eigenvalue weighted by Gasteiger charge is -2.41. The van der Waals surface area contributed by atoms with Crippen molar-refractivity contribution in [2.45, 2.75) is 39.0 Å². The Kier molecular flexibility index (Phi) is 4.70. The summed E-state index contributed by atoms with van der Waals surface area (Å²) < 4.78 is 10.9. The van der Waals surface area contributed by atoms with Crippen LogP contribution in [0, 0.1) is 18.8 Å². The van der Waals surface area contributed by atoms with Gasteiger partial charge in [0.2, 0.25) is 5.76 Å². The van der Waals surface area contributed by atoms with Crippen LogP contribution in [0.15, 0.2) is 28.7 Å². The first-order valence-corrected chi connectivity index (χ1v) is 9.56. The van der Waals surface area contributed by atoms with Crippen molar-refractivity contribution in [2.75, 3.05) is 19.7 Å². The zero-order chi connectivity index (χ0) is 18.1. The summed E-state index contributed by atoms with van der Waals surface area (Å²) in [6.07, 6.45) is 6.18. The number of benzene rings is 1. The molecule has 0 N–H and O–H groups in total. The second-order valence-electron chi connectivity index (χ2n) is 7.56. The third-order valence-electron chi connectivity index (χ3n) is 6.00. The van der Waals surface area contributed by atoms with Crippen molar-refractivity contribution in [1.29, 1.82) is 0 Å². The first kappa shape index (κ1) is 17.1. The number of amides is 1. The fraction of sp³-hybridized carbons (Fsp3) is 0.524. The molecule has 0 radical (unpaired) electrons. The van der Waals surface area contributed by atoms with Crippen LogP contribution in [-0.4, -0.2) is 36.5 Å². The molecule has 0 spiro atoms. The number of carbonyl (C=O) groups excluding carboxylic acids is 2. The van der Waals surface area contributed by atoms with Gasteiger partial charge in [-0.3, -0.25) is 4.79 Å². The summed E-state index contributed by atoms with van der Waals surface area (Å²) >= 11 is 0. The van der Waals surface area contributed by atoms with Gasteiger partial charge in [0.1, 0.15) is 5.58 Å². The summed E-state index contributed by atoms with van der Waals surface area (Å²) in [5.74, 6) is 0.907. The van der Waals surface area contributed by atoms with Crippen molar-refractivity contribution in [3.63, 3.8) is 0 Å². The standard InChI is InChI=1S/C21H25NO4/c1-14-17-8-4-5-9-18(17)26-20(14)21(24)25-13-19(23)22-11-10-15-6-2-3-7-16(15)12-22/h4-5,8-9,15-16H,2-3,6-7,10-13H2,1H3/t15-,16+/m1/s1. The lowest BCUT2D eigenvalue weighted by Crippen LogP contribution is -2.46. The quantitative estimate of drug-likeness (QED) is 0.783. The smallest absolute Gasteiger partial charge is 0.375 e. The minimum Gasteiger partial charge on any atom is -0.450 e. The molecule has 1 saturated carbocycles. The number of aryl methyl sites for hydroxylation is 1. The summed E-state index contributed by atoms with van der Waals surface area (Å²) in [7, 11) is 0. The minimum absolute atomic E-state index is 0.101. The van der Waals surface area contributed by atoms with Crippen LogP contribution in [0.4, 0.5) is 0 Å². The molecule has 1 aromatic carbocycles. The molecule has 5 nitrogen and oxygen atoms in total. The molecule has 1 amide bonds. The first-order valence-electron chi connectivity index (χ1n) is 9.56. The van der Waals surface area contributed by atoms with Crippen LogP contribution in [0.5, 0.6) is 0 Å². The van der Waals surface area contributed by atoms with Gasteiger partial charge in [-0.2, -0.15) is 0 Å².